The number of carboxylic acid groups (broad SMARTS) is 1. The fourth-order valence-corrected chi connectivity index (χ4v) is 2.31. The van der Waals surface area contributed by atoms with Gasteiger partial charge < -0.3 is 25.5 Å². The summed E-state index contributed by atoms with van der Waals surface area (Å²) in [6.07, 6.45) is -3.88. The summed E-state index contributed by atoms with van der Waals surface area (Å²) in [6, 6.07) is 0. The van der Waals surface area contributed by atoms with Crippen molar-refractivity contribution in [3.63, 3.8) is 0 Å². The monoisotopic (exact) mass is 234 g/mol. The fourth-order valence-electron chi connectivity index (χ4n) is 2.31. The van der Waals surface area contributed by atoms with Crippen LogP contribution >= 0.6 is 0 Å². The minimum Gasteiger partial charge on any atom is -0.479 e. The third-order valence-electron chi connectivity index (χ3n) is 3.26. The van der Waals surface area contributed by atoms with E-state index < -0.39 is 42.2 Å². The molecular formula is C10H18O6. The Bertz CT molecular complexity index is 268. The Morgan fingerprint density at radius 1 is 1.31 bits per heavy atom. The SMILES string of the molecule is CCC[C@@H]1[C@@H](O)[C@H](O)[C@H](O)C[C@]1(O)C(=O)O. The summed E-state index contributed by atoms with van der Waals surface area (Å²) >= 11 is 0. The first-order chi connectivity index (χ1) is 7.34. The molecule has 0 unspecified atom stereocenters. The first-order valence-corrected chi connectivity index (χ1v) is 5.34. The number of aliphatic carboxylic acids is 1. The van der Waals surface area contributed by atoms with Crippen LogP contribution < -0.4 is 0 Å². The third-order valence-corrected chi connectivity index (χ3v) is 3.26. The molecule has 1 rings (SSSR count). The van der Waals surface area contributed by atoms with Crippen molar-refractivity contribution in [1.29, 1.82) is 0 Å². The summed E-state index contributed by atoms with van der Waals surface area (Å²) < 4.78 is 0. The second-order valence-corrected chi connectivity index (χ2v) is 4.38. The van der Waals surface area contributed by atoms with Crippen molar-refractivity contribution in [2.45, 2.75) is 50.1 Å². The number of aliphatic hydroxyl groups excluding tert-OH is 3. The van der Waals surface area contributed by atoms with E-state index in [2.05, 4.69) is 0 Å². The molecule has 0 aromatic rings. The zero-order valence-electron chi connectivity index (χ0n) is 9.08. The molecule has 94 valence electrons. The van der Waals surface area contributed by atoms with E-state index >= 15 is 0 Å². The molecule has 6 heteroatoms. The summed E-state index contributed by atoms with van der Waals surface area (Å²) in [6.45, 7) is 1.78. The number of hydrogen-bond acceptors (Lipinski definition) is 5. The van der Waals surface area contributed by atoms with Crippen molar-refractivity contribution >= 4 is 5.97 Å². The molecule has 5 N–H and O–H groups in total. The van der Waals surface area contributed by atoms with Gasteiger partial charge in [0.25, 0.3) is 0 Å². The first-order valence-electron chi connectivity index (χ1n) is 5.34. The number of carboxylic acids is 1. The van der Waals surface area contributed by atoms with Crippen molar-refractivity contribution in [2.24, 2.45) is 5.92 Å². The molecule has 0 heterocycles. The minimum atomic E-state index is -2.17. The number of hydrogen-bond donors (Lipinski definition) is 5. The lowest BCUT2D eigenvalue weighted by molar-refractivity contribution is -0.210. The van der Waals surface area contributed by atoms with E-state index in [0.717, 1.165) is 0 Å². The van der Waals surface area contributed by atoms with Gasteiger partial charge in [-0.2, -0.15) is 0 Å². The maximum Gasteiger partial charge on any atom is 0.336 e. The van der Waals surface area contributed by atoms with Crippen molar-refractivity contribution in [3.05, 3.63) is 0 Å². The van der Waals surface area contributed by atoms with Gasteiger partial charge in [-0.15, -0.1) is 0 Å². The van der Waals surface area contributed by atoms with Gasteiger partial charge in [-0.25, -0.2) is 4.79 Å². The molecule has 0 saturated heterocycles. The molecule has 1 aliphatic rings. The van der Waals surface area contributed by atoms with Gasteiger partial charge in [0.2, 0.25) is 0 Å². The van der Waals surface area contributed by atoms with Gasteiger partial charge in [0.15, 0.2) is 5.60 Å². The van der Waals surface area contributed by atoms with Gasteiger partial charge in [0.1, 0.15) is 6.10 Å². The molecular weight excluding hydrogens is 216 g/mol. The molecule has 6 nitrogen and oxygen atoms in total. The summed E-state index contributed by atoms with van der Waals surface area (Å²) in [5.41, 5.74) is -2.17. The summed E-state index contributed by atoms with van der Waals surface area (Å²) in [5.74, 6) is -2.44. The smallest absolute Gasteiger partial charge is 0.336 e. The molecule has 0 amide bonds. The van der Waals surface area contributed by atoms with E-state index in [1.54, 1.807) is 6.92 Å². The Morgan fingerprint density at radius 2 is 1.88 bits per heavy atom. The van der Waals surface area contributed by atoms with E-state index in [-0.39, 0.29) is 6.42 Å². The van der Waals surface area contributed by atoms with Crippen LogP contribution in [0, 0.1) is 5.92 Å². The molecule has 0 bridgehead atoms. The largest absolute Gasteiger partial charge is 0.479 e. The van der Waals surface area contributed by atoms with Crippen LogP contribution in [0.1, 0.15) is 26.2 Å². The van der Waals surface area contributed by atoms with E-state index in [4.69, 9.17) is 5.11 Å². The summed E-state index contributed by atoms with van der Waals surface area (Å²) in [5, 5.41) is 47.5. The summed E-state index contributed by atoms with van der Waals surface area (Å²) in [7, 11) is 0. The van der Waals surface area contributed by atoms with Crippen LogP contribution in [0.5, 0.6) is 0 Å². The maximum atomic E-state index is 11.0. The highest BCUT2D eigenvalue weighted by Crippen LogP contribution is 2.37. The molecule has 0 aromatic heterocycles. The Labute approximate surface area is 93.2 Å². The zero-order chi connectivity index (χ0) is 12.5. The second kappa shape index (κ2) is 4.67. The van der Waals surface area contributed by atoms with Gasteiger partial charge in [0.05, 0.1) is 12.2 Å². The van der Waals surface area contributed by atoms with Gasteiger partial charge in [0, 0.05) is 12.3 Å². The predicted octanol–water partition coefficient (Wildman–Crippen LogP) is -1.30. The summed E-state index contributed by atoms with van der Waals surface area (Å²) in [4.78, 5) is 11.0. The Hall–Kier alpha value is -0.690. The highest BCUT2D eigenvalue weighted by atomic mass is 16.4. The number of carbonyl (C=O) groups is 1. The van der Waals surface area contributed by atoms with Crippen molar-refractivity contribution in [2.75, 3.05) is 0 Å². The van der Waals surface area contributed by atoms with Crippen LogP contribution in [0.3, 0.4) is 0 Å². The van der Waals surface area contributed by atoms with Crippen molar-refractivity contribution < 1.29 is 30.3 Å². The van der Waals surface area contributed by atoms with E-state index in [1.165, 1.54) is 0 Å². The van der Waals surface area contributed by atoms with Crippen LogP contribution in [0.2, 0.25) is 0 Å². The normalized spacial score (nSPS) is 44.3. The minimum absolute atomic E-state index is 0.272. The van der Waals surface area contributed by atoms with Crippen LogP contribution in [0.25, 0.3) is 0 Å². The molecule has 1 saturated carbocycles. The van der Waals surface area contributed by atoms with Gasteiger partial charge >= 0.3 is 5.97 Å². The third kappa shape index (κ3) is 2.06. The van der Waals surface area contributed by atoms with E-state index in [0.29, 0.717) is 6.42 Å². The van der Waals surface area contributed by atoms with Crippen LogP contribution in [0.4, 0.5) is 0 Å². The Morgan fingerprint density at radius 3 is 2.31 bits per heavy atom. The number of rotatable bonds is 3. The molecule has 0 aromatic carbocycles. The topological polar surface area (TPSA) is 118 Å². The molecule has 0 aliphatic heterocycles. The lowest BCUT2D eigenvalue weighted by Gasteiger charge is -2.44. The van der Waals surface area contributed by atoms with Crippen molar-refractivity contribution in [1.82, 2.24) is 0 Å². The fraction of sp³-hybridized carbons (Fsp3) is 0.900. The molecule has 1 aliphatic carbocycles. The van der Waals surface area contributed by atoms with Gasteiger partial charge in [-0.05, 0) is 6.42 Å². The Balaban J connectivity index is 3.00. The standard InChI is InChI=1S/C10H18O6/c1-2-3-5-7(12)8(13)6(11)4-10(5,16)9(14)15/h5-8,11-13,16H,2-4H2,1H3,(H,14,15)/t5-,6-,7-,8-,10-/m1/s1. The van der Waals surface area contributed by atoms with E-state index in [1.807, 2.05) is 0 Å². The van der Waals surface area contributed by atoms with Crippen LogP contribution in [0.15, 0.2) is 0 Å². The Kier molecular flexibility index (Phi) is 3.90. The van der Waals surface area contributed by atoms with E-state index in [9.17, 15) is 25.2 Å². The van der Waals surface area contributed by atoms with Crippen molar-refractivity contribution in [3.8, 4) is 0 Å². The van der Waals surface area contributed by atoms with Crippen LogP contribution in [-0.2, 0) is 4.79 Å². The molecule has 5 atom stereocenters. The highest BCUT2D eigenvalue weighted by Gasteiger charge is 2.55. The molecule has 0 radical (unpaired) electrons. The lowest BCUT2D eigenvalue weighted by Crippen LogP contribution is -2.62. The second-order valence-electron chi connectivity index (χ2n) is 4.38. The van der Waals surface area contributed by atoms with Crippen LogP contribution in [-0.4, -0.2) is 55.4 Å². The average molecular weight is 234 g/mol. The van der Waals surface area contributed by atoms with Gasteiger partial charge in [-0.3, -0.25) is 0 Å². The van der Waals surface area contributed by atoms with Gasteiger partial charge in [-0.1, -0.05) is 13.3 Å². The molecule has 0 spiro atoms. The average Bonchev–Trinajstić information content (AvgIpc) is 2.21. The lowest BCUT2D eigenvalue weighted by atomic mass is 9.69. The quantitative estimate of drug-likeness (QED) is 0.414. The molecule has 1 fully saturated rings. The number of aliphatic hydroxyl groups is 4. The maximum absolute atomic E-state index is 11.0. The highest BCUT2D eigenvalue weighted by molar-refractivity contribution is 5.78. The predicted molar refractivity (Wildman–Crippen MR) is 53.6 cm³/mol. The molecule has 16 heavy (non-hydrogen) atoms. The zero-order valence-corrected chi connectivity index (χ0v) is 9.08. The first kappa shape index (κ1) is 13.4.